The van der Waals surface area contributed by atoms with Crippen molar-refractivity contribution in [3.05, 3.63) is 30.5 Å². The van der Waals surface area contributed by atoms with Crippen LogP contribution < -0.4 is 10.1 Å². The molecule has 4 rings (SSSR count). The third-order valence-corrected chi connectivity index (χ3v) is 6.14. The van der Waals surface area contributed by atoms with Crippen LogP contribution in [-0.4, -0.2) is 57.2 Å². The molecule has 0 bridgehead atoms. The number of piperidine rings is 1. The lowest BCUT2D eigenvalue weighted by Gasteiger charge is -2.33. The van der Waals surface area contributed by atoms with Crippen molar-refractivity contribution in [1.82, 2.24) is 19.5 Å². The van der Waals surface area contributed by atoms with Gasteiger partial charge in [0.05, 0.1) is 11.9 Å². The first-order valence-corrected chi connectivity index (χ1v) is 11.7. The number of hydrogen-bond donors (Lipinski definition) is 1. The van der Waals surface area contributed by atoms with Crippen LogP contribution in [0.5, 0.6) is 5.75 Å². The molecule has 1 N–H and O–H groups in total. The maximum absolute atomic E-state index is 12.6. The van der Waals surface area contributed by atoms with Crippen LogP contribution in [0.4, 0.5) is 23.1 Å². The summed E-state index contributed by atoms with van der Waals surface area (Å²) in [5.74, 6) is 0.0804. The van der Waals surface area contributed by atoms with Crippen LogP contribution in [0.1, 0.15) is 33.6 Å². The minimum absolute atomic E-state index is 0.280. The summed E-state index contributed by atoms with van der Waals surface area (Å²) in [6.45, 7) is 7.54. The monoisotopic (exact) mass is 497 g/mol. The van der Waals surface area contributed by atoms with Gasteiger partial charge in [-0.05, 0) is 51.7 Å². The number of benzene rings is 1. The van der Waals surface area contributed by atoms with Gasteiger partial charge in [-0.1, -0.05) is 23.5 Å². The SMILES string of the molecule is CC(C)(C)OC(=O)N1CCC(CNc2nn3c(-c4cccc(OC(F)(F)F)c4)cnc3s2)CC1. The van der Waals surface area contributed by atoms with Crippen LogP contribution in [0.25, 0.3) is 16.2 Å². The lowest BCUT2D eigenvalue weighted by atomic mass is 9.97. The van der Waals surface area contributed by atoms with Crippen molar-refractivity contribution in [3.63, 3.8) is 0 Å². The Labute approximate surface area is 198 Å². The zero-order chi connectivity index (χ0) is 24.5. The molecule has 1 amide bonds. The third kappa shape index (κ3) is 6.10. The Morgan fingerprint density at radius 3 is 2.65 bits per heavy atom. The summed E-state index contributed by atoms with van der Waals surface area (Å²) < 4.78 is 48.7. The van der Waals surface area contributed by atoms with E-state index in [9.17, 15) is 18.0 Å². The smallest absolute Gasteiger partial charge is 0.444 e. The highest BCUT2D eigenvalue weighted by molar-refractivity contribution is 7.20. The van der Waals surface area contributed by atoms with E-state index >= 15 is 0 Å². The number of nitrogens with zero attached hydrogens (tertiary/aromatic N) is 4. The van der Waals surface area contributed by atoms with Gasteiger partial charge in [0, 0.05) is 25.2 Å². The number of anilines is 1. The Kier molecular flexibility index (Phi) is 6.61. The van der Waals surface area contributed by atoms with E-state index in [2.05, 4.69) is 20.1 Å². The maximum atomic E-state index is 12.6. The molecule has 1 aliphatic heterocycles. The second kappa shape index (κ2) is 9.32. The van der Waals surface area contributed by atoms with Crippen LogP contribution in [0.15, 0.2) is 30.5 Å². The molecular formula is C22H26F3N5O3S. The van der Waals surface area contributed by atoms with Gasteiger partial charge in [0.25, 0.3) is 0 Å². The number of likely N-dealkylation sites (tertiary alicyclic amines) is 1. The molecule has 3 aromatic rings. The van der Waals surface area contributed by atoms with E-state index in [1.165, 1.54) is 29.5 Å². The highest BCUT2D eigenvalue weighted by Gasteiger charge is 2.31. The average molecular weight is 498 g/mol. The summed E-state index contributed by atoms with van der Waals surface area (Å²) in [5, 5.41) is 8.54. The topological polar surface area (TPSA) is 81.0 Å². The standard InChI is InChI=1S/C22H26F3N5O3S/c1-21(2,3)33-20(31)29-9-7-14(8-10-29)12-26-18-28-30-17(13-27-19(30)34-18)15-5-4-6-16(11-15)32-22(23,24)25/h4-6,11,13-14H,7-10,12H2,1-3H3,(H,26,28). The number of fused-ring (bicyclic) bond motifs is 1. The summed E-state index contributed by atoms with van der Waals surface area (Å²) in [5.41, 5.74) is 0.571. The summed E-state index contributed by atoms with van der Waals surface area (Å²) in [4.78, 5) is 18.9. The predicted octanol–water partition coefficient (Wildman–Crippen LogP) is 5.42. The van der Waals surface area contributed by atoms with E-state index in [1.54, 1.807) is 21.7 Å². The zero-order valence-electron chi connectivity index (χ0n) is 19.1. The number of carbonyl (C=O) groups is 1. The van der Waals surface area contributed by atoms with Gasteiger partial charge in [0.2, 0.25) is 10.1 Å². The number of hydrogen-bond acceptors (Lipinski definition) is 7. The molecule has 1 aliphatic rings. The minimum atomic E-state index is -4.76. The van der Waals surface area contributed by atoms with E-state index in [0.717, 1.165) is 12.8 Å². The molecule has 1 fully saturated rings. The number of halogens is 3. The summed E-state index contributed by atoms with van der Waals surface area (Å²) in [6.07, 6.45) is -1.76. The molecule has 1 saturated heterocycles. The van der Waals surface area contributed by atoms with E-state index in [1.807, 2.05) is 20.8 Å². The van der Waals surface area contributed by atoms with Crippen molar-refractivity contribution < 1.29 is 27.4 Å². The van der Waals surface area contributed by atoms with Gasteiger partial charge in [-0.25, -0.2) is 14.3 Å². The normalized spacial score (nSPS) is 15.5. The van der Waals surface area contributed by atoms with Crippen LogP contribution in [0.3, 0.4) is 0 Å². The Hall–Kier alpha value is -3.02. The van der Waals surface area contributed by atoms with Gasteiger partial charge in [-0.15, -0.1) is 18.3 Å². The van der Waals surface area contributed by atoms with Crippen molar-refractivity contribution in [1.29, 1.82) is 0 Å². The Morgan fingerprint density at radius 2 is 1.97 bits per heavy atom. The first-order chi connectivity index (χ1) is 16.0. The summed E-state index contributed by atoms with van der Waals surface area (Å²) in [6, 6.07) is 5.72. The fraction of sp³-hybridized carbons (Fsp3) is 0.500. The Balaban J connectivity index is 1.36. The van der Waals surface area contributed by atoms with Gasteiger partial charge in [-0.2, -0.15) is 0 Å². The van der Waals surface area contributed by atoms with Gasteiger partial charge in [0.15, 0.2) is 0 Å². The molecule has 0 spiro atoms. The quantitative estimate of drug-likeness (QED) is 0.507. The number of ether oxygens (including phenoxy) is 2. The fourth-order valence-corrected chi connectivity index (χ4v) is 4.47. The molecular weight excluding hydrogens is 471 g/mol. The molecule has 0 saturated carbocycles. The van der Waals surface area contributed by atoms with Crippen LogP contribution in [-0.2, 0) is 4.74 Å². The highest BCUT2D eigenvalue weighted by atomic mass is 32.1. The van der Waals surface area contributed by atoms with E-state index < -0.39 is 12.0 Å². The Morgan fingerprint density at radius 1 is 1.24 bits per heavy atom. The second-order valence-corrected chi connectivity index (χ2v) is 10.1. The number of rotatable bonds is 5. The number of nitrogens with one attached hydrogen (secondary N) is 1. The predicted molar refractivity (Wildman–Crippen MR) is 122 cm³/mol. The van der Waals surface area contributed by atoms with Crippen LogP contribution >= 0.6 is 11.3 Å². The molecule has 0 radical (unpaired) electrons. The van der Waals surface area contributed by atoms with E-state index in [0.29, 0.717) is 46.9 Å². The molecule has 8 nitrogen and oxygen atoms in total. The van der Waals surface area contributed by atoms with Gasteiger partial charge in [0.1, 0.15) is 11.4 Å². The number of imidazole rings is 1. The van der Waals surface area contributed by atoms with Gasteiger partial charge >= 0.3 is 12.5 Å². The molecule has 34 heavy (non-hydrogen) atoms. The first-order valence-electron chi connectivity index (χ1n) is 10.9. The molecule has 0 unspecified atom stereocenters. The lowest BCUT2D eigenvalue weighted by Crippen LogP contribution is -2.42. The maximum Gasteiger partial charge on any atom is 0.573 e. The van der Waals surface area contributed by atoms with Gasteiger partial charge < -0.3 is 19.7 Å². The minimum Gasteiger partial charge on any atom is -0.444 e. The average Bonchev–Trinajstić information content (AvgIpc) is 3.30. The van der Waals surface area contributed by atoms with Crippen molar-refractivity contribution in [2.24, 2.45) is 5.92 Å². The summed E-state index contributed by atoms with van der Waals surface area (Å²) in [7, 11) is 0. The molecule has 12 heteroatoms. The zero-order valence-corrected chi connectivity index (χ0v) is 19.9. The van der Waals surface area contributed by atoms with Crippen molar-refractivity contribution in [3.8, 4) is 17.0 Å². The molecule has 2 aromatic heterocycles. The Bertz CT molecular complexity index is 1150. The lowest BCUT2D eigenvalue weighted by molar-refractivity contribution is -0.274. The summed E-state index contributed by atoms with van der Waals surface area (Å²) >= 11 is 1.36. The largest absolute Gasteiger partial charge is 0.573 e. The number of aromatic nitrogens is 3. The van der Waals surface area contributed by atoms with E-state index in [4.69, 9.17) is 4.74 Å². The first kappa shape index (κ1) is 24.1. The number of alkyl halides is 3. The van der Waals surface area contributed by atoms with Crippen LogP contribution in [0, 0.1) is 5.92 Å². The van der Waals surface area contributed by atoms with E-state index in [-0.39, 0.29) is 11.8 Å². The molecule has 1 aromatic carbocycles. The third-order valence-electron chi connectivity index (χ3n) is 5.26. The fourth-order valence-electron chi connectivity index (χ4n) is 3.69. The molecule has 0 atom stereocenters. The molecule has 0 aliphatic carbocycles. The number of carbonyl (C=O) groups excluding carboxylic acids is 1. The number of amides is 1. The van der Waals surface area contributed by atoms with Crippen molar-refractivity contribution in [2.75, 3.05) is 25.0 Å². The van der Waals surface area contributed by atoms with Crippen molar-refractivity contribution in [2.45, 2.75) is 45.6 Å². The van der Waals surface area contributed by atoms with Gasteiger partial charge in [-0.3, -0.25) is 0 Å². The molecule has 3 heterocycles. The highest BCUT2D eigenvalue weighted by Crippen LogP contribution is 2.30. The second-order valence-electron chi connectivity index (χ2n) is 9.11. The van der Waals surface area contributed by atoms with Crippen molar-refractivity contribution >= 4 is 27.5 Å². The molecule has 184 valence electrons. The van der Waals surface area contributed by atoms with Crippen LogP contribution in [0.2, 0.25) is 0 Å².